The molecule has 7 heteroatoms. The largest absolute Gasteiger partial charge is 0.459 e. The monoisotopic (exact) mass is 361 g/mol. The van der Waals surface area contributed by atoms with Crippen LogP contribution in [0.2, 0.25) is 0 Å². The van der Waals surface area contributed by atoms with Crippen molar-refractivity contribution in [2.45, 2.75) is 51.6 Å². The molecule has 26 heavy (non-hydrogen) atoms. The van der Waals surface area contributed by atoms with Crippen molar-refractivity contribution in [3.8, 4) is 0 Å². The molecule has 2 fully saturated rings. The molecule has 1 N–H and O–H groups in total. The van der Waals surface area contributed by atoms with E-state index in [0.29, 0.717) is 38.2 Å². The number of nitrogens with zero attached hydrogens (tertiary/aromatic N) is 2. The zero-order valence-corrected chi connectivity index (χ0v) is 15.7. The standard InChI is InChI=1S/C19H27N3O4/c1-19(2,3)22-12-13(11-16(22)23)17(24)20-14-6-8-21(9-7-14)18(25)15-5-4-10-26-15/h4-5,10,13-14H,6-9,11-12H2,1-3H3,(H,20,24). The van der Waals surface area contributed by atoms with E-state index < -0.39 is 0 Å². The molecule has 0 aromatic carbocycles. The zero-order chi connectivity index (χ0) is 18.9. The third-order valence-electron chi connectivity index (χ3n) is 5.17. The Morgan fingerprint density at radius 2 is 1.92 bits per heavy atom. The Morgan fingerprint density at radius 1 is 1.23 bits per heavy atom. The van der Waals surface area contributed by atoms with Crippen molar-refractivity contribution in [2.24, 2.45) is 5.92 Å². The van der Waals surface area contributed by atoms with Gasteiger partial charge in [-0.1, -0.05) is 0 Å². The lowest BCUT2D eigenvalue weighted by Gasteiger charge is -2.33. The number of nitrogens with one attached hydrogen (secondary N) is 1. The second-order valence-corrected chi connectivity index (χ2v) is 8.13. The molecule has 1 unspecified atom stereocenters. The van der Waals surface area contributed by atoms with E-state index in [1.807, 2.05) is 20.8 Å². The van der Waals surface area contributed by atoms with Crippen molar-refractivity contribution in [1.82, 2.24) is 15.1 Å². The molecular weight excluding hydrogens is 334 g/mol. The van der Waals surface area contributed by atoms with Crippen LogP contribution in [0.4, 0.5) is 0 Å². The molecule has 0 spiro atoms. The van der Waals surface area contributed by atoms with Crippen molar-refractivity contribution >= 4 is 17.7 Å². The maximum absolute atomic E-state index is 12.5. The fraction of sp³-hybridized carbons (Fsp3) is 0.632. The Balaban J connectivity index is 1.48. The second-order valence-electron chi connectivity index (χ2n) is 8.13. The highest BCUT2D eigenvalue weighted by molar-refractivity contribution is 5.91. The SMILES string of the molecule is CC(C)(C)N1CC(C(=O)NC2CCN(C(=O)c3ccco3)CC2)CC1=O. The summed E-state index contributed by atoms with van der Waals surface area (Å²) < 4.78 is 5.16. The van der Waals surface area contributed by atoms with Gasteiger partial charge < -0.3 is 19.5 Å². The molecule has 2 saturated heterocycles. The molecule has 1 atom stereocenters. The van der Waals surface area contributed by atoms with Crippen molar-refractivity contribution in [2.75, 3.05) is 19.6 Å². The first-order chi connectivity index (χ1) is 12.3. The maximum atomic E-state index is 12.5. The summed E-state index contributed by atoms with van der Waals surface area (Å²) >= 11 is 0. The van der Waals surface area contributed by atoms with Crippen LogP contribution in [0.3, 0.4) is 0 Å². The van der Waals surface area contributed by atoms with Crippen molar-refractivity contribution < 1.29 is 18.8 Å². The molecule has 1 aromatic rings. The van der Waals surface area contributed by atoms with Gasteiger partial charge in [0, 0.05) is 37.6 Å². The molecule has 2 aliphatic heterocycles. The molecule has 3 amide bonds. The number of piperidine rings is 1. The van der Waals surface area contributed by atoms with Gasteiger partial charge in [-0.3, -0.25) is 14.4 Å². The molecule has 7 nitrogen and oxygen atoms in total. The van der Waals surface area contributed by atoms with Crippen LogP contribution in [0.15, 0.2) is 22.8 Å². The van der Waals surface area contributed by atoms with Crippen LogP contribution in [0.25, 0.3) is 0 Å². The summed E-state index contributed by atoms with van der Waals surface area (Å²) in [5.41, 5.74) is -0.260. The Morgan fingerprint density at radius 3 is 2.46 bits per heavy atom. The fourth-order valence-electron chi connectivity index (χ4n) is 3.63. The summed E-state index contributed by atoms with van der Waals surface area (Å²) in [6.07, 6.45) is 3.19. The molecule has 0 radical (unpaired) electrons. The first kappa shape index (κ1) is 18.5. The van der Waals surface area contributed by atoms with Gasteiger partial charge >= 0.3 is 0 Å². The van der Waals surface area contributed by atoms with E-state index in [4.69, 9.17) is 4.42 Å². The van der Waals surface area contributed by atoms with E-state index in [2.05, 4.69) is 5.32 Å². The predicted molar refractivity (Wildman–Crippen MR) is 95.3 cm³/mol. The smallest absolute Gasteiger partial charge is 0.289 e. The highest BCUT2D eigenvalue weighted by atomic mass is 16.3. The summed E-state index contributed by atoms with van der Waals surface area (Å²) in [6.45, 7) is 7.60. The van der Waals surface area contributed by atoms with Crippen LogP contribution in [0.5, 0.6) is 0 Å². The highest BCUT2D eigenvalue weighted by Crippen LogP contribution is 2.26. The van der Waals surface area contributed by atoms with Crippen LogP contribution in [-0.4, -0.2) is 58.7 Å². The van der Waals surface area contributed by atoms with Gasteiger partial charge in [-0.15, -0.1) is 0 Å². The number of hydrogen-bond donors (Lipinski definition) is 1. The summed E-state index contributed by atoms with van der Waals surface area (Å²) in [7, 11) is 0. The summed E-state index contributed by atoms with van der Waals surface area (Å²) in [5.74, 6) is -0.0665. The number of hydrogen-bond acceptors (Lipinski definition) is 4. The lowest BCUT2D eigenvalue weighted by Crippen LogP contribution is -2.48. The number of carbonyl (C=O) groups excluding carboxylic acids is 3. The predicted octanol–water partition coefficient (Wildman–Crippen LogP) is 1.65. The number of rotatable bonds is 3. The minimum atomic E-state index is -0.287. The number of carbonyl (C=O) groups is 3. The molecule has 0 bridgehead atoms. The van der Waals surface area contributed by atoms with Gasteiger partial charge in [-0.05, 0) is 45.7 Å². The van der Waals surface area contributed by atoms with E-state index in [1.165, 1.54) is 6.26 Å². The summed E-state index contributed by atoms with van der Waals surface area (Å²) in [6, 6.07) is 3.40. The number of furan rings is 1. The van der Waals surface area contributed by atoms with Crippen LogP contribution < -0.4 is 5.32 Å². The molecule has 142 valence electrons. The molecule has 3 heterocycles. The van der Waals surface area contributed by atoms with Crippen LogP contribution in [0.1, 0.15) is 50.6 Å². The van der Waals surface area contributed by atoms with E-state index in [0.717, 1.165) is 0 Å². The second kappa shape index (κ2) is 7.13. The number of likely N-dealkylation sites (tertiary alicyclic amines) is 2. The minimum absolute atomic E-state index is 0.0384. The molecule has 0 aliphatic carbocycles. The van der Waals surface area contributed by atoms with E-state index in [1.54, 1.807) is 21.9 Å². The Kier molecular flexibility index (Phi) is 5.07. The zero-order valence-electron chi connectivity index (χ0n) is 15.7. The Bertz CT molecular complexity index is 669. The molecule has 1 aromatic heterocycles. The fourth-order valence-corrected chi connectivity index (χ4v) is 3.63. The Hall–Kier alpha value is -2.31. The third-order valence-corrected chi connectivity index (χ3v) is 5.17. The first-order valence-electron chi connectivity index (χ1n) is 9.19. The molecule has 0 saturated carbocycles. The maximum Gasteiger partial charge on any atom is 0.289 e. The topological polar surface area (TPSA) is 82.9 Å². The average molecular weight is 361 g/mol. The minimum Gasteiger partial charge on any atom is -0.459 e. The number of amides is 3. The first-order valence-corrected chi connectivity index (χ1v) is 9.19. The third kappa shape index (κ3) is 3.92. The normalized spacial score (nSPS) is 22.0. The van der Waals surface area contributed by atoms with E-state index in [-0.39, 0.29) is 41.6 Å². The van der Waals surface area contributed by atoms with E-state index in [9.17, 15) is 14.4 Å². The van der Waals surface area contributed by atoms with Crippen LogP contribution >= 0.6 is 0 Å². The van der Waals surface area contributed by atoms with Gasteiger partial charge in [0.05, 0.1) is 12.2 Å². The summed E-state index contributed by atoms with van der Waals surface area (Å²) in [4.78, 5) is 40.5. The van der Waals surface area contributed by atoms with Gasteiger partial charge in [0.1, 0.15) is 0 Å². The quantitative estimate of drug-likeness (QED) is 0.887. The molecular formula is C19H27N3O4. The average Bonchev–Trinajstić information content (AvgIpc) is 3.24. The van der Waals surface area contributed by atoms with Gasteiger partial charge in [-0.25, -0.2) is 0 Å². The van der Waals surface area contributed by atoms with Crippen molar-refractivity contribution in [1.29, 1.82) is 0 Å². The van der Waals surface area contributed by atoms with Crippen molar-refractivity contribution in [3.63, 3.8) is 0 Å². The van der Waals surface area contributed by atoms with Gasteiger partial charge in [-0.2, -0.15) is 0 Å². The molecule has 3 rings (SSSR count). The van der Waals surface area contributed by atoms with Gasteiger partial charge in [0.2, 0.25) is 11.8 Å². The van der Waals surface area contributed by atoms with Crippen LogP contribution in [-0.2, 0) is 9.59 Å². The van der Waals surface area contributed by atoms with Crippen molar-refractivity contribution in [3.05, 3.63) is 24.2 Å². The van der Waals surface area contributed by atoms with Gasteiger partial charge in [0.25, 0.3) is 5.91 Å². The van der Waals surface area contributed by atoms with Gasteiger partial charge in [0.15, 0.2) is 5.76 Å². The lowest BCUT2D eigenvalue weighted by atomic mass is 10.0. The molecule has 2 aliphatic rings. The lowest BCUT2D eigenvalue weighted by molar-refractivity contribution is -0.132. The highest BCUT2D eigenvalue weighted by Gasteiger charge is 2.40. The Labute approximate surface area is 153 Å². The summed E-state index contributed by atoms with van der Waals surface area (Å²) in [5, 5.41) is 3.07. The van der Waals surface area contributed by atoms with E-state index >= 15 is 0 Å². The van der Waals surface area contributed by atoms with Crippen LogP contribution in [0, 0.1) is 5.92 Å².